The lowest BCUT2D eigenvalue weighted by molar-refractivity contribution is 0.683. The van der Waals surface area contributed by atoms with Crippen molar-refractivity contribution in [2.45, 2.75) is 26.3 Å². The Hall–Kier alpha value is -2.60. The van der Waals surface area contributed by atoms with E-state index in [-0.39, 0.29) is 0 Å². The maximum absolute atomic E-state index is 8.88. The first-order valence-electron chi connectivity index (χ1n) is 7.13. The summed E-state index contributed by atoms with van der Waals surface area (Å²) in [4.78, 5) is 4.75. The molecule has 3 aromatic rings. The van der Waals surface area contributed by atoms with Gasteiger partial charge in [0.1, 0.15) is 5.82 Å². The zero-order valence-electron chi connectivity index (χ0n) is 12.2. The van der Waals surface area contributed by atoms with Crippen molar-refractivity contribution in [1.29, 1.82) is 5.26 Å². The molecule has 2 aromatic carbocycles. The van der Waals surface area contributed by atoms with E-state index in [9.17, 15) is 0 Å². The van der Waals surface area contributed by atoms with Crippen molar-refractivity contribution >= 4 is 11.0 Å². The minimum absolute atomic E-state index is 0.371. The van der Waals surface area contributed by atoms with E-state index >= 15 is 0 Å². The van der Waals surface area contributed by atoms with Crippen LogP contribution >= 0.6 is 0 Å². The summed E-state index contributed by atoms with van der Waals surface area (Å²) in [6.07, 6.45) is 0. The molecule has 21 heavy (non-hydrogen) atoms. The topological polar surface area (TPSA) is 41.6 Å². The maximum Gasteiger partial charge on any atom is 0.112 e. The Kier molecular flexibility index (Phi) is 3.45. The first-order valence-corrected chi connectivity index (χ1v) is 7.13. The van der Waals surface area contributed by atoms with Crippen LogP contribution in [0.5, 0.6) is 0 Å². The first kappa shape index (κ1) is 13.4. The molecule has 3 heteroatoms. The second-order valence-electron chi connectivity index (χ2n) is 5.51. The Morgan fingerprint density at radius 1 is 1.10 bits per heavy atom. The van der Waals surface area contributed by atoms with Crippen LogP contribution in [-0.4, -0.2) is 9.55 Å². The van der Waals surface area contributed by atoms with Crippen molar-refractivity contribution in [2.24, 2.45) is 0 Å². The largest absolute Gasteiger partial charge is 0.323 e. The summed E-state index contributed by atoms with van der Waals surface area (Å²) in [7, 11) is 0. The van der Waals surface area contributed by atoms with Crippen molar-refractivity contribution in [3.63, 3.8) is 0 Å². The standard InChI is InChI=1S/C18H17N3/c1-13(2)18-20-16-5-3-4-6-17(16)21(18)12-15-9-7-14(11-19)8-10-15/h3-10,13H,12H2,1-2H3. The smallest absolute Gasteiger partial charge is 0.112 e. The van der Waals surface area contributed by atoms with Gasteiger partial charge in [0.15, 0.2) is 0 Å². The molecule has 0 aliphatic rings. The Bertz CT molecular complexity index is 805. The second-order valence-corrected chi connectivity index (χ2v) is 5.51. The van der Waals surface area contributed by atoms with E-state index in [2.05, 4.69) is 36.6 Å². The number of aromatic nitrogens is 2. The summed E-state index contributed by atoms with van der Waals surface area (Å²) in [5.74, 6) is 1.47. The predicted octanol–water partition coefficient (Wildman–Crippen LogP) is 4.08. The fraction of sp³-hybridized carbons (Fsp3) is 0.222. The van der Waals surface area contributed by atoms with Gasteiger partial charge in [-0.25, -0.2) is 4.98 Å². The predicted molar refractivity (Wildman–Crippen MR) is 84.1 cm³/mol. The van der Waals surface area contributed by atoms with Crippen LogP contribution in [0, 0.1) is 11.3 Å². The third kappa shape index (κ3) is 2.53. The minimum Gasteiger partial charge on any atom is -0.323 e. The summed E-state index contributed by atoms with van der Waals surface area (Å²) in [5.41, 5.74) is 4.07. The Balaban J connectivity index is 2.06. The highest BCUT2D eigenvalue weighted by molar-refractivity contribution is 5.76. The lowest BCUT2D eigenvalue weighted by Crippen LogP contribution is -2.06. The molecule has 0 spiro atoms. The Labute approximate surface area is 124 Å². The quantitative estimate of drug-likeness (QED) is 0.722. The number of nitrogens with zero attached hydrogens (tertiary/aromatic N) is 3. The van der Waals surface area contributed by atoms with Gasteiger partial charge in [-0.05, 0) is 29.8 Å². The lowest BCUT2D eigenvalue weighted by Gasteiger charge is -2.11. The van der Waals surface area contributed by atoms with Crippen LogP contribution in [0.15, 0.2) is 48.5 Å². The minimum atomic E-state index is 0.371. The van der Waals surface area contributed by atoms with E-state index in [1.54, 1.807) is 0 Å². The zero-order valence-corrected chi connectivity index (χ0v) is 12.2. The number of hydrogen-bond acceptors (Lipinski definition) is 2. The highest BCUT2D eigenvalue weighted by atomic mass is 15.1. The van der Waals surface area contributed by atoms with E-state index in [1.807, 2.05) is 36.4 Å². The van der Waals surface area contributed by atoms with Gasteiger partial charge in [-0.2, -0.15) is 5.26 Å². The Morgan fingerprint density at radius 3 is 2.48 bits per heavy atom. The van der Waals surface area contributed by atoms with Crippen molar-refractivity contribution in [3.05, 3.63) is 65.5 Å². The third-order valence-corrected chi connectivity index (χ3v) is 3.62. The van der Waals surface area contributed by atoms with Crippen LogP contribution in [0.4, 0.5) is 0 Å². The average molecular weight is 275 g/mol. The van der Waals surface area contributed by atoms with Crippen molar-refractivity contribution in [2.75, 3.05) is 0 Å². The van der Waals surface area contributed by atoms with Gasteiger partial charge in [-0.3, -0.25) is 0 Å². The second kappa shape index (κ2) is 5.41. The van der Waals surface area contributed by atoms with E-state index in [4.69, 9.17) is 10.2 Å². The molecule has 1 aromatic heterocycles. The van der Waals surface area contributed by atoms with E-state index in [0.717, 1.165) is 23.4 Å². The van der Waals surface area contributed by atoms with Crippen molar-refractivity contribution in [1.82, 2.24) is 9.55 Å². The highest BCUT2D eigenvalue weighted by Crippen LogP contribution is 2.23. The van der Waals surface area contributed by atoms with Gasteiger partial charge in [0.05, 0.1) is 22.7 Å². The van der Waals surface area contributed by atoms with E-state index in [0.29, 0.717) is 11.5 Å². The van der Waals surface area contributed by atoms with Gasteiger partial charge in [-0.1, -0.05) is 38.1 Å². The number of benzene rings is 2. The summed E-state index contributed by atoms with van der Waals surface area (Å²) in [6.45, 7) is 5.10. The maximum atomic E-state index is 8.88. The number of nitriles is 1. The average Bonchev–Trinajstić information content (AvgIpc) is 2.87. The number of imidazole rings is 1. The molecule has 3 rings (SSSR count). The van der Waals surface area contributed by atoms with Gasteiger partial charge in [0, 0.05) is 12.5 Å². The number of hydrogen-bond donors (Lipinski definition) is 0. The molecular formula is C18H17N3. The number of rotatable bonds is 3. The molecule has 0 bridgehead atoms. The molecule has 1 heterocycles. The first-order chi connectivity index (χ1) is 10.2. The van der Waals surface area contributed by atoms with Gasteiger partial charge in [0.2, 0.25) is 0 Å². The molecule has 0 saturated heterocycles. The van der Waals surface area contributed by atoms with Crippen LogP contribution in [0.3, 0.4) is 0 Å². The summed E-state index contributed by atoms with van der Waals surface area (Å²) in [6, 6.07) is 18.1. The third-order valence-electron chi connectivity index (χ3n) is 3.62. The van der Waals surface area contributed by atoms with E-state index in [1.165, 1.54) is 5.56 Å². The molecule has 0 saturated carbocycles. The Morgan fingerprint density at radius 2 is 1.81 bits per heavy atom. The van der Waals surface area contributed by atoms with E-state index < -0.39 is 0 Å². The summed E-state index contributed by atoms with van der Waals surface area (Å²) >= 11 is 0. The molecule has 0 amide bonds. The summed E-state index contributed by atoms with van der Waals surface area (Å²) < 4.78 is 2.27. The fourth-order valence-electron chi connectivity index (χ4n) is 2.57. The van der Waals surface area contributed by atoms with Gasteiger partial charge < -0.3 is 4.57 Å². The van der Waals surface area contributed by atoms with Crippen LogP contribution in [0.2, 0.25) is 0 Å². The molecule has 0 unspecified atom stereocenters. The van der Waals surface area contributed by atoms with Crippen LogP contribution in [0.1, 0.15) is 36.7 Å². The molecular weight excluding hydrogens is 258 g/mol. The molecule has 104 valence electrons. The number of para-hydroxylation sites is 2. The molecule has 0 atom stereocenters. The van der Waals surface area contributed by atoms with Gasteiger partial charge in [-0.15, -0.1) is 0 Å². The SMILES string of the molecule is CC(C)c1nc2ccccc2n1Cc1ccc(C#N)cc1. The van der Waals surface area contributed by atoms with Gasteiger partial charge in [0.25, 0.3) is 0 Å². The van der Waals surface area contributed by atoms with Crippen molar-refractivity contribution < 1.29 is 0 Å². The molecule has 0 fully saturated rings. The molecule has 3 nitrogen and oxygen atoms in total. The van der Waals surface area contributed by atoms with Crippen LogP contribution < -0.4 is 0 Å². The number of fused-ring (bicyclic) bond motifs is 1. The lowest BCUT2D eigenvalue weighted by atomic mass is 10.1. The monoisotopic (exact) mass is 275 g/mol. The van der Waals surface area contributed by atoms with Crippen LogP contribution in [0.25, 0.3) is 11.0 Å². The fourth-order valence-corrected chi connectivity index (χ4v) is 2.57. The summed E-state index contributed by atoms with van der Waals surface area (Å²) in [5, 5.41) is 8.88. The molecule has 0 aliphatic carbocycles. The highest BCUT2D eigenvalue weighted by Gasteiger charge is 2.13. The molecule has 0 N–H and O–H groups in total. The van der Waals surface area contributed by atoms with Crippen molar-refractivity contribution in [3.8, 4) is 6.07 Å². The normalized spacial score (nSPS) is 11.0. The van der Waals surface area contributed by atoms with Crippen LogP contribution in [-0.2, 0) is 6.54 Å². The van der Waals surface area contributed by atoms with Gasteiger partial charge >= 0.3 is 0 Å². The molecule has 0 aliphatic heterocycles. The zero-order chi connectivity index (χ0) is 14.8. The molecule has 0 radical (unpaired) electrons.